The highest BCUT2D eigenvalue weighted by molar-refractivity contribution is 7.45. The lowest BCUT2D eigenvalue weighted by atomic mass is 9.86. The molecule has 0 amide bonds. The highest BCUT2D eigenvalue weighted by Gasteiger charge is 2.41. The van der Waals surface area contributed by atoms with Crippen LogP contribution in [0.2, 0.25) is 13.1 Å². The molecular weight excluding hydrogens is 859 g/mol. The predicted molar refractivity (Wildman–Crippen MR) is 270 cm³/mol. The second-order valence-electron chi connectivity index (χ2n) is 15.8. The molecule has 9 aromatic carbocycles. The second kappa shape index (κ2) is 20.0. The highest BCUT2D eigenvalue weighted by atomic mass is 31.2. The number of hydrogen-bond donors (Lipinski definition) is 2. The van der Waals surface area contributed by atoms with Gasteiger partial charge in [-0.15, -0.1) is 0 Å². The van der Waals surface area contributed by atoms with Crippen molar-refractivity contribution in [2.75, 3.05) is 0 Å². The van der Waals surface area contributed by atoms with E-state index in [-0.39, 0.29) is 0 Å². The van der Waals surface area contributed by atoms with E-state index in [2.05, 4.69) is 92.0 Å². The highest BCUT2D eigenvalue weighted by Crippen LogP contribution is 2.51. The second-order valence-corrected chi connectivity index (χ2v) is 21.5. The minimum Gasteiger partial charge on any atom is -0.427 e. The van der Waals surface area contributed by atoms with Gasteiger partial charge in [-0.25, -0.2) is 0 Å². The minimum absolute atomic E-state index is 0.306. The van der Waals surface area contributed by atoms with Crippen molar-refractivity contribution >= 4 is 30.7 Å². The van der Waals surface area contributed by atoms with Crippen LogP contribution < -0.4 is 18.8 Å². The van der Waals surface area contributed by atoms with Crippen molar-refractivity contribution in [1.82, 2.24) is 0 Å². The van der Waals surface area contributed by atoms with Crippen molar-refractivity contribution < 1.29 is 27.6 Å². The van der Waals surface area contributed by atoms with Crippen LogP contribution in [0.1, 0.15) is 0 Å². The van der Waals surface area contributed by atoms with E-state index < -0.39 is 25.5 Å². The first-order valence-electron chi connectivity index (χ1n) is 21.3. The summed E-state index contributed by atoms with van der Waals surface area (Å²) in [4.78, 5) is 21.3. The molecule has 0 unspecified atom stereocenters. The molecule has 9 rings (SSSR count). The van der Waals surface area contributed by atoms with E-state index in [1.165, 1.54) is 0 Å². The summed E-state index contributed by atoms with van der Waals surface area (Å²) in [7, 11) is -8.48. The van der Waals surface area contributed by atoms with Crippen molar-refractivity contribution in [3.05, 3.63) is 231 Å². The maximum atomic E-state index is 10.6. The van der Waals surface area contributed by atoms with Crippen LogP contribution in [0.25, 0.3) is 66.8 Å². The van der Waals surface area contributed by atoms with E-state index in [0.717, 1.165) is 66.8 Å². The molecule has 0 aliphatic carbocycles. The minimum atomic E-state index is -3.43. The van der Waals surface area contributed by atoms with Crippen LogP contribution in [0.15, 0.2) is 231 Å². The number of rotatable bonds is 15. The third kappa shape index (κ3) is 9.88. The Morgan fingerprint density at radius 3 is 1.12 bits per heavy atom. The number of benzene rings is 9. The fraction of sp³-hybridized carbons (Fsp3) is 0.0357. The van der Waals surface area contributed by atoms with Crippen LogP contribution >= 0.6 is 17.2 Å². The van der Waals surface area contributed by atoms with Gasteiger partial charge < -0.3 is 27.6 Å². The molecule has 2 N–H and O–H groups in total. The molecule has 0 aliphatic heterocycles. The van der Waals surface area contributed by atoms with Gasteiger partial charge in [-0.3, -0.25) is 0 Å². The summed E-state index contributed by atoms with van der Waals surface area (Å²) < 4.78 is 27.6. The Hall–Kier alpha value is -6.66. The zero-order chi connectivity index (χ0) is 44.6. The quantitative estimate of drug-likeness (QED) is 0.0788. The van der Waals surface area contributed by atoms with Gasteiger partial charge in [0, 0.05) is 16.3 Å². The molecular formula is C56H46O6P2Si. The lowest BCUT2D eigenvalue weighted by Crippen LogP contribution is -2.46. The molecule has 0 radical (unpaired) electrons. The Morgan fingerprint density at radius 1 is 0.323 bits per heavy atom. The molecule has 0 bridgehead atoms. The Balaban J connectivity index is 1.27. The van der Waals surface area contributed by atoms with Gasteiger partial charge in [0.05, 0.1) is 0 Å². The van der Waals surface area contributed by atoms with Crippen molar-refractivity contribution in [2.24, 2.45) is 0 Å². The standard InChI is InChI=1S/C56H46O6P2Si/c1-65(2,62-64(60-52-37-21-19-33-47(52)43-27-11-5-12-28-43)61-53-38-22-20-34-48(53)44-29-13-6-14-30-44)56-54(59-63(57)58)40-39-51(49-35-17-15-31-45(49)41-23-7-3-8-24-41)55(56)50-36-18-16-32-46(50)42-25-9-4-10-26-42/h3-40,57-58H,1-2H3. The summed E-state index contributed by atoms with van der Waals surface area (Å²) in [5.74, 6) is 1.50. The molecule has 0 atom stereocenters. The molecule has 0 saturated heterocycles. The van der Waals surface area contributed by atoms with Crippen molar-refractivity contribution in [1.29, 1.82) is 0 Å². The lowest BCUT2D eigenvalue weighted by molar-refractivity contribution is 0.375. The molecule has 320 valence electrons. The molecule has 6 nitrogen and oxygen atoms in total. The molecule has 9 heteroatoms. The molecule has 0 fully saturated rings. The first kappa shape index (κ1) is 43.6. The van der Waals surface area contributed by atoms with Crippen molar-refractivity contribution in [3.8, 4) is 84.0 Å². The maximum absolute atomic E-state index is 10.6. The average molecular weight is 905 g/mol. The fourth-order valence-corrected chi connectivity index (χ4v) is 13.1. The van der Waals surface area contributed by atoms with Gasteiger partial charge in [-0.2, -0.15) is 0 Å². The van der Waals surface area contributed by atoms with Crippen LogP contribution in [0.3, 0.4) is 0 Å². The molecule has 0 spiro atoms. The van der Waals surface area contributed by atoms with Gasteiger partial charge in [0.1, 0.15) is 17.2 Å². The zero-order valence-electron chi connectivity index (χ0n) is 35.9. The summed E-state index contributed by atoms with van der Waals surface area (Å²) in [5, 5.41) is 0.712. The largest absolute Gasteiger partial charge is 0.452 e. The third-order valence-corrected chi connectivity index (χ3v) is 16.3. The number of hydrogen-bond acceptors (Lipinski definition) is 6. The normalized spacial score (nSPS) is 11.4. The average Bonchev–Trinajstić information content (AvgIpc) is 3.35. The van der Waals surface area contributed by atoms with Crippen LogP contribution in [0, 0.1) is 0 Å². The summed E-state index contributed by atoms with van der Waals surface area (Å²) in [6.45, 7) is 4.17. The molecule has 0 heterocycles. The summed E-state index contributed by atoms with van der Waals surface area (Å²) in [5.41, 5.74) is 11.6. The Labute approximate surface area is 384 Å². The van der Waals surface area contributed by atoms with Gasteiger partial charge in [0.25, 0.3) is 0 Å². The Bertz CT molecular complexity index is 2920. The smallest absolute Gasteiger partial charge is 0.427 e. The molecule has 0 saturated carbocycles. The maximum Gasteiger partial charge on any atom is 0.452 e. The molecule has 65 heavy (non-hydrogen) atoms. The van der Waals surface area contributed by atoms with Crippen LogP contribution in [-0.2, 0) is 4.21 Å². The number of para-hydroxylation sites is 2. The lowest BCUT2D eigenvalue weighted by Gasteiger charge is -2.33. The van der Waals surface area contributed by atoms with Gasteiger partial charge in [0.15, 0.2) is 0 Å². The van der Waals surface area contributed by atoms with Crippen LogP contribution in [-0.4, -0.2) is 18.1 Å². The van der Waals surface area contributed by atoms with Gasteiger partial charge >= 0.3 is 17.2 Å². The SMILES string of the molecule is C[Si](C)(OP(Oc1ccccc1-c1ccccc1)Oc1ccccc1-c1ccccc1)c1c(OP(O)O)ccc(-c2ccccc2-c2ccccc2)c1-c1ccccc1-c1ccccc1. The summed E-state index contributed by atoms with van der Waals surface area (Å²) in [6, 6.07) is 77.2. The first-order valence-corrected chi connectivity index (χ1v) is 26.5. The molecule has 9 aromatic rings. The summed E-state index contributed by atoms with van der Waals surface area (Å²) >= 11 is 0. The van der Waals surface area contributed by atoms with Crippen molar-refractivity contribution in [3.63, 3.8) is 0 Å². The fourth-order valence-electron chi connectivity index (χ4n) is 8.26. The van der Waals surface area contributed by atoms with Crippen LogP contribution in [0.5, 0.6) is 17.2 Å². The molecule has 0 aliphatic rings. The van der Waals surface area contributed by atoms with E-state index in [4.69, 9.17) is 17.8 Å². The van der Waals surface area contributed by atoms with Crippen molar-refractivity contribution in [2.45, 2.75) is 13.1 Å². The van der Waals surface area contributed by atoms with Gasteiger partial charge in [0.2, 0.25) is 8.32 Å². The van der Waals surface area contributed by atoms with E-state index in [0.29, 0.717) is 22.4 Å². The van der Waals surface area contributed by atoms with Gasteiger partial charge in [-0.05, 0) is 86.9 Å². The van der Waals surface area contributed by atoms with E-state index in [1.807, 2.05) is 152 Å². The zero-order valence-corrected chi connectivity index (χ0v) is 38.7. The topological polar surface area (TPSA) is 77.4 Å². The van der Waals surface area contributed by atoms with E-state index >= 15 is 0 Å². The van der Waals surface area contributed by atoms with E-state index in [9.17, 15) is 9.79 Å². The predicted octanol–water partition coefficient (Wildman–Crippen LogP) is 15.1. The Kier molecular flexibility index (Phi) is 13.4. The van der Waals surface area contributed by atoms with Gasteiger partial charge in [-0.1, -0.05) is 212 Å². The van der Waals surface area contributed by atoms with E-state index in [1.54, 1.807) is 0 Å². The van der Waals surface area contributed by atoms with Crippen LogP contribution in [0.4, 0.5) is 0 Å². The summed E-state index contributed by atoms with van der Waals surface area (Å²) in [6.07, 6.45) is 0. The third-order valence-electron chi connectivity index (χ3n) is 11.1. The Morgan fingerprint density at radius 2 is 0.677 bits per heavy atom. The molecule has 0 aromatic heterocycles. The first-order chi connectivity index (χ1) is 31.8. The monoisotopic (exact) mass is 904 g/mol.